The molecule has 3 rings (SSSR count). The minimum Gasteiger partial charge on any atom is -0.469 e. The summed E-state index contributed by atoms with van der Waals surface area (Å²) in [6.45, 7) is 12.5. The van der Waals surface area contributed by atoms with Gasteiger partial charge in [-0.15, -0.1) is 0 Å². The van der Waals surface area contributed by atoms with Crippen LogP contribution in [0.5, 0.6) is 0 Å². The summed E-state index contributed by atoms with van der Waals surface area (Å²) >= 11 is 0. The number of epoxide rings is 1. The number of rotatable bonds is 32. The van der Waals surface area contributed by atoms with E-state index >= 15 is 0 Å². The molecule has 3 aliphatic rings. The van der Waals surface area contributed by atoms with E-state index in [-0.39, 0.29) is 35.7 Å². The molecule has 0 spiro atoms. The number of carbonyl (C=O) groups excluding carboxylic acids is 2. The number of fused-ring (bicyclic) bond motifs is 1. The number of carbonyl (C=O) groups is 2. The molecule has 5 atom stereocenters. The van der Waals surface area contributed by atoms with Gasteiger partial charge in [0.15, 0.2) is 5.78 Å². The van der Waals surface area contributed by atoms with E-state index in [0.29, 0.717) is 12.0 Å². The number of unbranched alkanes of at least 4 members (excludes halogenated alkanes) is 20. The maximum absolute atomic E-state index is 13.3. The summed E-state index contributed by atoms with van der Waals surface area (Å²) < 4.78 is 18.1. The van der Waals surface area contributed by atoms with Gasteiger partial charge < -0.3 is 14.2 Å². The summed E-state index contributed by atoms with van der Waals surface area (Å²) in [4.78, 5) is 37.8. The maximum atomic E-state index is 13.3. The van der Waals surface area contributed by atoms with E-state index in [0.717, 1.165) is 93.8 Å². The number of esters is 1. The summed E-state index contributed by atoms with van der Waals surface area (Å²) in [6.07, 6.45) is 36.6. The standard InChI is InChI=1S/C48H82O7/c1-8-10-12-13-14-15-16-17-18-19-20-24-27-31-36-47(6)37-35-41-39(4)45(50)38(3)40(5)48(41,54-47)55-53-43(46-42(52-46)32-28-11-9-2)33-29-25-22-21-23-26-30-34-44(49)51-7/h29,33,42-43,46H,8-28,30-32,34-37H2,1-7H3/b33-29-/t42-,43-,46+,47+,48-/m0/s1. The summed E-state index contributed by atoms with van der Waals surface area (Å²) in [6, 6.07) is 0. The highest BCUT2D eigenvalue weighted by molar-refractivity contribution is 6.10. The summed E-state index contributed by atoms with van der Waals surface area (Å²) in [5.74, 6) is -1.26. The fraction of sp³-hybridized carbons (Fsp3) is 0.833. The van der Waals surface area contributed by atoms with Crippen LogP contribution in [0.3, 0.4) is 0 Å². The van der Waals surface area contributed by atoms with Gasteiger partial charge in [-0.25, -0.2) is 4.89 Å². The Hall–Kier alpha value is -1.80. The van der Waals surface area contributed by atoms with Gasteiger partial charge in [0.25, 0.3) is 0 Å². The van der Waals surface area contributed by atoms with Crippen LogP contribution in [0.4, 0.5) is 0 Å². The summed E-state index contributed by atoms with van der Waals surface area (Å²) in [5, 5.41) is 0. The lowest BCUT2D eigenvalue weighted by Crippen LogP contribution is -2.54. The minimum atomic E-state index is -1.21. The molecule has 316 valence electrons. The van der Waals surface area contributed by atoms with Gasteiger partial charge in [0.1, 0.15) is 12.2 Å². The quantitative estimate of drug-likeness (QED) is 0.0168. The second-order valence-electron chi connectivity index (χ2n) is 17.3. The maximum Gasteiger partial charge on any atom is 0.305 e. The van der Waals surface area contributed by atoms with Gasteiger partial charge in [-0.2, -0.15) is 4.89 Å². The van der Waals surface area contributed by atoms with E-state index in [9.17, 15) is 9.59 Å². The number of hydrogen-bond donors (Lipinski definition) is 0. The van der Waals surface area contributed by atoms with E-state index in [1.165, 1.54) is 103 Å². The Bertz CT molecular complexity index is 1220. The number of hydrogen-bond acceptors (Lipinski definition) is 7. The molecule has 7 nitrogen and oxygen atoms in total. The number of ether oxygens (including phenoxy) is 3. The SMILES string of the molecule is CCCCCCCCCCCCCCCC[C@]1(C)CCC2=C(C)C(=O)C(C)=C(C)[C@@]2(OO[C@@H](/C=C\CCCCCCCC(=O)OC)[C@@H]2O[C@H]2CCCCC)O1. The monoisotopic (exact) mass is 771 g/mol. The first kappa shape index (κ1) is 47.6. The molecule has 2 saturated heterocycles. The molecule has 0 bridgehead atoms. The third-order valence-corrected chi connectivity index (χ3v) is 12.6. The van der Waals surface area contributed by atoms with Crippen molar-refractivity contribution in [1.29, 1.82) is 0 Å². The van der Waals surface area contributed by atoms with Crippen LogP contribution in [0.1, 0.15) is 221 Å². The molecule has 0 aromatic carbocycles. The van der Waals surface area contributed by atoms with Crippen molar-refractivity contribution in [2.24, 2.45) is 0 Å². The van der Waals surface area contributed by atoms with Crippen molar-refractivity contribution < 1.29 is 33.6 Å². The Labute approximate surface area is 337 Å². The largest absolute Gasteiger partial charge is 0.469 e. The van der Waals surface area contributed by atoms with E-state index in [1.54, 1.807) is 0 Å². The second-order valence-corrected chi connectivity index (χ2v) is 17.3. The molecule has 0 radical (unpaired) electrons. The predicted octanol–water partition coefficient (Wildman–Crippen LogP) is 13.5. The molecule has 2 heterocycles. The van der Waals surface area contributed by atoms with E-state index in [1.807, 2.05) is 20.8 Å². The number of allylic oxidation sites excluding steroid dienone is 3. The van der Waals surface area contributed by atoms with Gasteiger partial charge in [0, 0.05) is 23.1 Å². The predicted molar refractivity (Wildman–Crippen MR) is 225 cm³/mol. The molecule has 2 aliphatic heterocycles. The van der Waals surface area contributed by atoms with Gasteiger partial charge in [-0.05, 0) is 78.2 Å². The summed E-state index contributed by atoms with van der Waals surface area (Å²) in [5.41, 5.74) is 2.74. The average Bonchev–Trinajstić information content (AvgIpc) is 3.96. The highest BCUT2D eigenvalue weighted by atomic mass is 17.2. The molecule has 0 N–H and O–H groups in total. The highest BCUT2D eigenvalue weighted by Gasteiger charge is 2.55. The lowest BCUT2D eigenvalue weighted by Gasteiger charge is -2.50. The average molecular weight is 771 g/mol. The van der Waals surface area contributed by atoms with Gasteiger partial charge in [0.05, 0.1) is 18.8 Å². The molecule has 2 fully saturated rings. The Morgan fingerprint density at radius 2 is 1.35 bits per heavy atom. The van der Waals surface area contributed by atoms with Crippen LogP contribution in [0.25, 0.3) is 0 Å². The van der Waals surface area contributed by atoms with Crippen LogP contribution in [0.15, 0.2) is 34.4 Å². The lowest BCUT2D eigenvalue weighted by atomic mass is 9.75. The molecule has 1 aliphatic carbocycles. The van der Waals surface area contributed by atoms with Gasteiger partial charge in [-0.1, -0.05) is 154 Å². The molecule has 0 saturated carbocycles. The van der Waals surface area contributed by atoms with E-state index in [4.69, 9.17) is 24.0 Å². The Morgan fingerprint density at radius 3 is 1.96 bits per heavy atom. The van der Waals surface area contributed by atoms with Crippen LogP contribution < -0.4 is 0 Å². The van der Waals surface area contributed by atoms with Crippen LogP contribution in [0.2, 0.25) is 0 Å². The lowest BCUT2D eigenvalue weighted by molar-refractivity contribution is -0.437. The van der Waals surface area contributed by atoms with Crippen LogP contribution >= 0.6 is 0 Å². The molecule has 7 heteroatoms. The van der Waals surface area contributed by atoms with Crippen molar-refractivity contribution in [1.82, 2.24) is 0 Å². The minimum absolute atomic E-state index is 0.0579. The Balaban J connectivity index is 1.56. The van der Waals surface area contributed by atoms with Crippen molar-refractivity contribution in [3.8, 4) is 0 Å². The fourth-order valence-electron chi connectivity index (χ4n) is 8.57. The zero-order valence-electron chi connectivity index (χ0n) is 36.5. The van der Waals surface area contributed by atoms with E-state index in [2.05, 4.69) is 32.9 Å². The molecular formula is C48H82O7. The molecule has 0 amide bonds. The number of ketones is 1. The first-order chi connectivity index (χ1) is 26.6. The van der Waals surface area contributed by atoms with Gasteiger partial charge in [0.2, 0.25) is 5.79 Å². The molecular weight excluding hydrogens is 689 g/mol. The normalized spacial score (nSPS) is 24.5. The van der Waals surface area contributed by atoms with Crippen molar-refractivity contribution in [2.75, 3.05) is 7.11 Å². The highest BCUT2D eigenvalue weighted by Crippen LogP contribution is 2.51. The van der Waals surface area contributed by atoms with Crippen LogP contribution in [0, 0.1) is 0 Å². The Kier molecular flexibility index (Phi) is 22.7. The number of Topliss-reactive ketones (excluding diaryl/α,β-unsaturated/α-hetero) is 1. The third-order valence-electron chi connectivity index (χ3n) is 12.6. The van der Waals surface area contributed by atoms with Crippen molar-refractivity contribution in [2.45, 2.75) is 251 Å². The third kappa shape index (κ3) is 16.2. The zero-order valence-corrected chi connectivity index (χ0v) is 36.5. The topological polar surface area (TPSA) is 83.6 Å². The Morgan fingerprint density at radius 1 is 0.782 bits per heavy atom. The number of methoxy groups -OCH3 is 1. The van der Waals surface area contributed by atoms with Gasteiger partial charge >= 0.3 is 5.97 Å². The molecule has 0 unspecified atom stereocenters. The van der Waals surface area contributed by atoms with Crippen LogP contribution in [-0.4, -0.2) is 48.6 Å². The van der Waals surface area contributed by atoms with Gasteiger partial charge in [-0.3, -0.25) is 9.59 Å². The summed E-state index contributed by atoms with van der Waals surface area (Å²) in [7, 11) is 1.45. The van der Waals surface area contributed by atoms with Crippen molar-refractivity contribution in [3.05, 3.63) is 34.4 Å². The smallest absolute Gasteiger partial charge is 0.305 e. The molecule has 0 aromatic heterocycles. The van der Waals surface area contributed by atoms with Crippen molar-refractivity contribution >= 4 is 11.8 Å². The van der Waals surface area contributed by atoms with E-state index < -0.39 is 5.79 Å². The first-order valence-corrected chi connectivity index (χ1v) is 23.0. The van der Waals surface area contributed by atoms with Crippen LogP contribution in [-0.2, 0) is 33.6 Å². The fourth-order valence-corrected chi connectivity index (χ4v) is 8.57. The second kappa shape index (κ2) is 26.3. The first-order valence-electron chi connectivity index (χ1n) is 23.0. The molecule has 55 heavy (non-hydrogen) atoms. The molecule has 0 aromatic rings. The van der Waals surface area contributed by atoms with Crippen molar-refractivity contribution in [3.63, 3.8) is 0 Å². The zero-order chi connectivity index (χ0) is 39.9.